The van der Waals surface area contributed by atoms with E-state index in [-0.39, 0.29) is 11.8 Å². The molecule has 0 radical (unpaired) electrons. The second-order valence-electron chi connectivity index (χ2n) is 12.9. The quantitative estimate of drug-likeness (QED) is 0.190. The fraction of sp³-hybridized carbons (Fsp3) is 0.0455. The number of hydrogen-bond donors (Lipinski definition) is 0. The predicted molar refractivity (Wildman–Crippen MR) is 202 cm³/mol. The molecule has 2 unspecified atom stereocenters. The summed E-state index contributed by atoms with van der Waals surface area (Å²) in [4.78, 5) is 13.3. The van der Waals surface area contributed by atoms with Crippen LogP contribution in [0, 0.1) is 5.92 Å². The first kappa shape index (κ1) is 26.3. The highest BCUT2D eigenvalue weighted by Gasteiger charge is 2.45. The molecule has 0 saturated heterocycles. The summed E-state index contributed by atoms with van der Waals surface area (Å²) in [5, 5.41) is 7.82. The van der Waals surface area contributed by atoms with Gasteiger partial charge < -0.3 is 0 Å². The molecule has 6 aromatic carbocycles. The van der Waals surface area contributed by atoms with E-state index in [1.807, 2.05) is 17.4 Å². The van der Waals surface area contributed by atoms with Crippen LogP contribution in [0.25, 0.3) is 64.0 Å². The van der Waals surface area contributed by atoms with E-state index in [1.165, 1.54) is 64.2 Å². The normalized spacial score (nSPS) is 18.0. The van der Waals surface area contributed by atoms with Gasteiger partial charge in [-0.1, -0.05) is 134 Å². The van der Waals surface area contributed by atoms with Crippen LogP contribution in [0.1, 0.15) is 11.5 Å². The summed E-state index contributed by atoms with van der Waals surface area (Å²) in [5.74, 6) is 1.23. The first-order valence-corrected chi connectivity index (χ1v) is 17.3. The number of anilines is 2. The van der Waals surface area contributed by atoms with Crippen molar-refractivity contribution in [2.75, 3.05) is 4.90 Å². The average Bonchev–Trinajstić information content (AvgIpc) is 3.72. The van der Waals surface area contributed by atoms with Crippen LogP contribution in [-0.4, -0.2) is 9.97 Å². The fourth-order valence-electron chi connectivity index (χ4n) is 8.33. The average molecular weight is 630 g/mol. The molecule has 11 rings (SSSR count). The minimum Gasteiger partial charge on any atom is -0.295 e. The van der Waals surface area contributed by atoms with Gasteiger partial charge in [-0.2, -0.15) is 0 Å². The molecular formula is C44H27N3S. The summed E-state index contributed by atoms with van der Waals surface area (Å²) in [6, 6.07) is 41.3. The number of hydrogen-bond acceptors (Lipinski definition) is 4. The molecular weight excluding hydrogens is 603 g/mol. The highest BCUT2D eigenvalue weighted by atomic mass is 32.1. The number of benzene rings is 6. The lowest BCUT2D eigenvalue weighted by atomic mass is 9.74. The highest BCUT2D eigenvalue weighted by Crippen LogP contribution is 2.61. The second-order valence-corrected chi connectivity index (χ2v) is 13.9. The molecule has 3 aliphatic rings. The van der Waals surface area contributed by atoms with Gasteiger partial charge in [-0.25, -0.2) is 9.97 Å². The van der Waals surface area contributed by atoms with Crippen LogP contribution in [0.3, 0.4) is 0 Å². The zero-order chi connectivity index (χ0) is 31.3. The van der Waals surface area contributed by atoms with E-state index >= 15 is 0 Å². The minimum atomic E-state index is 0.134. The second kappa shape index (κ2) is 9.83. The highest BCUT2D eigenvalue weighted by molar-refractivity contribution is 7.27. The van der Waals surface area contributed by atoms with Crippen molar-refractivity contribution < 1.29 is 0 Å². The fourth-order valence-corrected chi connectivity index (χ4v) is 9.73. The standard InChI is InChI=1S/C44H27N3S/c1-2-14-28(15-3-1)40-44(46-35-21-11-10-20-34(35)45-40)47-36-25-23-26-12-4-6-16-29(26)38(36)39-32-19-9-8-18-31(32)37-33-24-22-27-13-5-7-17-30(27)42(33)48-43(37)41(39)47/h1-25,29,38H. The molecule has 0 fully saturated rings. The molecule has 1 aliphatic heterocycles. The molecule has 48 heavy (non-hydrogen) atoms. The molecule has 0 bridgehead atoms. The lowest BCUT2D eigenvalue weighted by Gasteiger charge is -2.31. The monoisotopic (exact) mass is 629 g/mol. The van der Waals surface area contributed by atoms with Crippen LogP contribution >= 0.6 is 11.3 Å². The number of para-hydroxylation sites is 2. The van der Waals surface area contributed by atoms with Crippen molar-refractivity contribution >= 4 is 75.6 Å². The molecule has 8 aromatic rings. The number of fused-ring (bicyclic) bond motifs is 15. The molecule has 0 amide bonds. The van der Waals surface area contributed by atoms with Crippen LogP contribution < -0.4 is 4.90 Å². The van der Waals surface area contributed by atoms with E-state index in [9.17, 15) is 0 Å². The van der Waals surface area contributed by atoms with E-state index < -0.39 is 0 Å². The van der Waals surface area contributed by atoms with Gasteiger partial charge in [0.2, 0.25) is 0 Å². The number of rotatable bonds is 2. The van der Waals surface area contributed by atoms with E-state index in [0.29, 0.717) is 0 Å². The number of nitrogens with zero attached hydrogens (tertiary/aromatic N) is 3. The zero-order valence-corrected chi connectivity index (χ0v) is 26.7. The number of allylic oxidation sites excluding steroid dienone is 8. The predicted octanol–water partition coefficient (Wildman–Crippen LogP) is 11.8. The molecule has 4 heteroatoms. The smallest absolute Gasteiger partial charge is 0.164 e. The van der Waals surface area contributed by atoms with Gasteiger partial charge in [0.25, 0.3) is 0 Å². The van der Waals surface area contributed by atoms with Gasteiger partial charge >= 0.3 is 0 Å². The Morgan fingerprint density at radius 2 is 1.35 bits per heavy atom. The van der Waals surface area contributed by atoms with Crippen molar-refractivity contribution in [3.8, 4) is 11.3 Å². The van der Waals surface area contributed by atoms with Crippen LogP contribution in [0.2, 0.25) is 0 Å². The Balaban J connectivity index is 1.34. The lowest BCUT2D eigenvalue weighted by molar-refractivity contribution is 0.654. The Kier molecular flexibility index (Phi) is 5.38. The largest absolute Gasteiger partial charge is 0.295 e. The molecule has 3 nitrogen and oxygen atoms in total. The summed E-state index contributed by atoms with van der Waals surface area (Å²) >= 11 is 1.92. The van der Waals surface area contributed by atoms with Crippen molar-refractivity contribution in [3.63, 3.8) is 0 Å². The topological polar surface area (TPSA) is 29.0 Å². The molecule has 0 N–H and O–H groups in total. The van der Waals surface area contributed by atoms with E-state index in [2.05, 4.69) is 151 Å². The Hall–Kier alpha value is -5.84. The Labute approximate surface area is 281 Å². The first-order valence-electron chi connectivity index (χ1n) is 16.5. The molecule has 224 valence electrons. The van der Waals surface area contributed by atoms with E-state index in [4.69, 9.17) is 9.97 Å². The number of aromatic nitrogens is 2. The van der Waals surface area contributed by atoms with Crippen LogP contribution in [-0.2, 0) is 0 Å². The van der Waals surface area contributed by atoms with Crippen molar-refractivity contribution in [1.29, 1.82) is 0 Å². The van der Waals surface area contributed by atoms with Crippen molar-refractivity contribution in [1.82, 2.24) is 9.97 Å². The third-order valence-corrected chi connectivity index (χ3v) is 11.6. The van der Waals surface area contributed by atoms with E-state index in [1.54, 1.807) is 0 Å². The summed E-state index contributed by atoms with van der Waals surface area (Å²) in [5.41, 5.74) is 8.96. The van der Waals surface area contributed by atoms with Gasteiger partial charge in [0.05, 0.1) is 21.4 Å². The molecule has 2 aliphatic carbocycles. The Morgan fingerprint density at radius 3 is 2.23 bits per heavy atom. The third-order valence-electron chi connectivity index (χ3n) is 10.4. The van der Waals surface area contributed by atoms with Crippen molar-refractivity contribution in [3.05, 3.63) is 169 Å². The van der Waals surface area contributed by atoms with Gasteiger partial charge in [-0.05, 0) is 50.9 Å². The summed E-state index contributed by atoms with van der Waals surface area (Å²) in [6.45, 7) is 0. The van der Waals surface area contributed by atoms with Gasteiger partial charge in [0, 0.05) is 38.6 Å². The van der Waals surface area contributed by atoms with E-state index in [0.717, 1.165) is 28.1 Å². The van der Waals surface area contributed by atoms with Gasteiger partial charge in [-0.15, -0.1) is 11.3 Å². The lowest BCUT2D eigenvalue weighted by Crippen LogP contribution is -2.23. The summed E-state index contributed by atoms with van der Waals surface area (Å²) in [6.07, 6.45) is 13.7. The maximum Gasteiger partial charge on any atom is 0.164 e. The molecule has 3 heterocycles. The van der Waals surface area contributed by atoms with Crippen molar-refractivity contribution in [2.24, 2.45) is 5.92 Å². The molecule has 0 saturated carbocycles. The number of thiophene rings is 1. The summed E-state index contributed by atoms with van der Waals surface area (Å²) < 4.78 is 2.63. The third kappa shape index (κ3) is 3.53. The first-order chi connectivity index (χ1) is 23.8. The van der Waals surface area contributed by atoms with Crippen LogP contribution in [0.15, 0.2) is 163 Å². The Morgan fingerprint density at radius 1 is 0.604 bits per heavy atom. The molecule has 2 aromatic heterocycles. The van der Waals surface area contributed by atoms with Crippen LogP contribution in [0.5, 0.6) is 0 Å². The van der Waals surface area contributed by atoms with Crippen molar-refractivity contribution in [2.45, 2.75) is 5.92 Å². The van der Waals surface area contributed by atoms with Gasteiger partial charge in [-0.3, -0.25) is 4.90 Å². The SMILES string of the molecule is C1=CC2=CC=C3C(c4c(c5sc6c7ccccc7ccc6c5c5ccccc45)N3c3nc4ccccc4nc3-c3ccccc3)C2C=C1. The molecule has 0 spiro atoms. The van der Waals surface area contributed by atoms with Crippen LogP contribution in [0.4, 0.5) is 11.5 Å². The Bertz CT molecular complexity index is 2800. The zero-order valence-electron chi connectivity index (χ0n) is 25.8. The molecule has 2 atom stereocenters. The minimum absolute atomic E-state index is 0.134. The maximum atomic E-state index is 5.49. The maximum absolute atomic E-state index is 5.49. The van der Waals surface area contributed by atoms with Gasteiger partial charge in [0.1, 0.15) is 5.69 Å². The summed E-state index contributed by atoms with van der Waals surface area (Å²) in [7, 11) is 0. The van der Waals surface area contributed by atoms with Gasteiger partial charge in [0.15, 0.2) is 5.82 Å².